The molecule has 1 N–H and O–H groups in total. The second-order valence-electron chi connectivity index (χ2n) is 4.99. The van der Waals surface area contributed by atoms with Crippen LogP contribution in [0.1, 0.15) is 47.0 Å². The highest BCUT2D eigenvalue weighted by atomic mass is 15.2. The summed E-state index contributed by atoms with van der Waals surface area (Å²) in [5.74, 6) is 0.761. The summed E-state index contributed by atoms with van der Waals surface area (Å²) in [6.45, 7) is 12.8. The molecule has 2 atom stereocenters. The number of hydrogen-bond donors (Lipinski definition) is 1. The molecule has 1 aliphatic rings. The van der Waals surface area contributed by atoms with Crippen LogP contribution in [0.5, 0.6) is 0 Å². The van der Waals surface area contributed by atoms with Crippen molar-refractivity contribution in [2.45, 2.75) is 59.0 Å². The Kier molecular flexibility index (Phi) is 5.62. The van der Waals surface area contributed by atoms with E-state index in [0.29, 0.717) is 0 Å². The minimum atomic E-state index is 0.733. The van der Waals surface area contributed by atoms with Gasteiger partial charge in [0.1, 0.15) is 0 Å². The largest absolute Gasteiger partial charge is 0.317 e. The molecule has 0 aliphatic heterocycles. The van der Waals surface area contributed by atoms with E-state index in [1.54, 1.807) is 0 Å². The molecule has 2 heteroatoms. The first-order chi connectivity index (χ1) is 7.20. The predicted octanol–water partition coefficient (Wildman–Crippen LogP) is 2.49. The SMILES string of the molecule is CCCN(C1CC1)C(C)C(C)CNCC. The number of hydrogen-bond acceptors (Lipinski definition) is 2. The smallest absolute Gasteiger partial charge is 0.0108 e. The van der Waals surface area contributed by atoms with E-state index in [1.807, 2.05) is 0 Å². The fourth-order valence-electron chi connectivity index (χ4n) is 2.25. The molecule has 1 saturated carbocycles. The van der Waals surface area contributed by atoms with Crippen molar-refractivity contribution < 1.29 is 0 Å². The van der Waals surface area contributed by atoms with E-state index < -0.39 is 0 Å². The van der Waals surface area contributed by atoms with Crippen molar-refractivity contribution in [3.05, 3.63) is 0 Å². The summed E-state index contributed by atoms with van der Waals surface area (Å²) >= 11 is 0. The number of nitrogens with one attached hydrogen (secondary N) is 1. The van der Waals surface area contributed by atoms with Gasteiger partial charge in [0.05, 0.1) is 0 Å². The maximum Gasteiger partial charge on any atom is 0.0108 e. The van der Waals surface area contributed by atoms with E-state index in [2.05, 4.69) is 37.9 Å². The maximum atomic E-state index is 3.46. The molecule has 0 heterocycles. The molecule has 1 fully saturated rings. The Labute approximate surface area is 95.4 Å². The zero-order valence-electron chi connectivity index (χ0n) is 10.9. The van der Waals surface area contributed by atoms with Crippen molar-refractivity contribution in [2.75, 3.05) is 19.6 Å². The zero-order chi connectivity index (χ0) is 11.3. The van der Waals surface area contributed by atoms with Gasteiger partial charge in [-0.1, -0.05) is 20.8 Å². The lowest BCUT2D eigenvalue weighted by Crippen LogP contribution is -2.42. The predicted molar refractivity (Wildman–Crippen MR) is 67.2 cm³/mol. The molecule has 0 saturated heterocycles. The normalized spacial score (nSPS) is 20.6. The molecule has 2 unspecified atom stereocenters. The number of nitrogens with zero attached hydrogens (tertiary/aromatic N) is 1. The topological polar surface area (TPSA) is 15.3 Å². The molecular formula is C13H28N2. The Morgan fingerprint density at radius 1 is 1.27 bits per heavy atom. The van der Waals surface area contributed by atoms with Crippen LogP contribution < -0.4 is 5.32 Å². The Hall–Kier alpha value is -0.0800. The molecule has 1 rings (SSSR count). The molecule has 0 spiro atoms. The van der Waals surface area contributed by atoms with Crippen LogP contribution in [0, 0.1) is 5.92 Å². The summed E-state index contributed by atoms with van der Waals surface area (Å²) in [5.41, 5.74) is 0. The van der Waals surface area contributed by atoms with Crippen molar-refractivity contribution in [3.8, 4) is 0 Å². The van der Waals surface area contributed by atoms with Gasteiger partial charge in [0.2, 0.25) is 0 Å². The molecule has 0 amide bonds. The average Bonchev–Trinajstić information content (AvgIpc) is 3.05. The minimum Gasteiger partial charge on any atom is -0.317 e. The van der Waals surface area contributed by atoms with Gasteiger partial charge in [-0.25, -0.2) is 0 Å². The van der Waals surface area contributed by atoms with Crippen molar-refractivity contribution in [1.82, 2.24) is 10.2 Å². The van der Waals surface area contributed by atoms with Gasteiger partial charge in [-0.05, 0) is 51.7 Å². The van der Waals surface area contributed by atoms with Gasteiger partial charge in [0.15, 0.2) is 0 Å². The van der Waals surface area contributed by atoms with Crippen molar-refractivity contribution in [3.63, 3.8) is 0 Å². The average molecular weight is 212 g/mol. The van der Waals surface area contributed by atoms with Gasteiger partial charge < -0.3 is 5.32 Å². The summed E-state index contributed by atoms with van der Waals surface area (Å²) in [6.07, 6.45) is 4.14. The lowest BCUT2D eigenvalue weighted by Gasteiger charge is -2.33. The van der Waals surface area contributed by atoms with E-state index in [1.165, 1.54) is 25.8 Å². The van der Waals surface area contributed by atoms with Gasteiger partial charge >= 0.3 is 0 Å². The van der Waals surface area contributed by atoms with Gasteiger partial charge in [0, 0.05) is 12.1 Å². The molecule has 1 aliphatic carbocycles. The third kappa shape index (κ3) is 4.12. The van der Waals surface area contributed by atoms with Crippen molar-refractivity contribution in [1.29, 1.82) is 0 Å². The molecule has 0 aromatic heterocycles. The first-order valence-electron chi connectivity index (χ1n) is 6.67. The van der Waals surface area contributed by atoms with Crippen LogP contribution in [0.15, 0.2) is 0 Å². The molecule has 0 aromatic carbocycles. The van der Waals surface area contributed by atoms with E-state index in [4.69, 9.17) is 0 Å². The van der Waals surface area contributed by atoms with Crippen LogP contribution in [-0.4, -0.2) is 36.6 Å². The standard InChI is InChI=1S/C13H28N2/c1-5-9-15(13-7-8-13)12(4)11(3)10-14-6-2/h11-14H,5-10H2,1-4H3. The highest BCUT2D eigenvalue weighted by Crippen LogP contribution is 2.30. The first kappa shape index (κ1) is 13.0. The second-order valence-corrected chi connectivity index (χ2v) is 4.99. The summed E-state index contributed by atoms with van der Waals surface area (Å²) in [5, 5.41) is 3.46. The van der Waals surface area contributed by atoms with Gasteiger partial charge in [-0.2, -0.15) is 0 Å². The molecular weight excluding hydrogens is 184 g/mol. The molecule has 0 aromatic rings. The number of rotatable bonds is 8. The molecule has 0 bridgehead atoms. The highest BCUT2D eigenvalue weighted by molar-refractivity contribution is 4.89. The van der Waals surface area contributed by atoms with Crippen LogP contribution >= 0.6 is 0 Å². The van der Waals surface area contributed by atoms with Crippen molar-refractivity contribution in [2.24, 2.45) is 5.92 Å². The van der Waals surface area contributed by atoms with Crippen LogP contribution in [-0.2, 0) is 0 Å². The first-order valence-corrected chi connectivity index (χ1v) is 6.67. The fraction of sp³-hybridized carbons (Fsp3) is 1.00. The molecule has 2 nitrogen and oxygen atoms in total. The maximum absolute atomic E-state index is 3.46. The third-order valence-corrected chi connectivity index (χ3v) is 3.56. The van der Waals surface area contributed by atoms with E-state index in [0.717, 1.165) is 31.1 Å². The van der Waals surface area contributed by atoms with Crippen LogP contribution in [0.3, 0.4) is 0 Å². The lowest BCUT2D eigenvalue weighted by atomic mass is 10.0. The van der Waals surface area contributed by atoms with Crippen LogP contribution in [0.25, 0.3) is 0 Å². The van der Waals surface area contributed by atoms with E-state index in [-0.39, 0.29) is 0 Å². The van der Waals surface area contributed by atoms with Crippen molar-refractivity contribution >= 4 is 0 Å². The van der Waals surface area contributed by atoms with Gasteiger partial charge in [-0.3, -0.25) is 4.90 Å². The Morgan fingerprint density at radius 3 is 2.40 bits per heavy atom. The molecule has 15 heavy (non-hydrogen) atoms. The monoisotopic (exact) mass is 212 g/mol. The third-order valence-electron chi connectivity index (χ3n) is 3.56. The lowest BCUT2D eigenvalue weighted by molar-refractivity contribution is 0.151. The van der Waals surface area contributed by atoms with Crippen LogP contribution in [0.2, 0.25) is 0 Å². The van der Waals surface area contributed by atoms with Gasteiger partial charge in [0.25, 0.3) is 0 Å². The molecule has 0 radical (unpaired) electrons. The Bertz CT molecular complexity index is 166. The summed E-state index contributed by atoms with van der Waals surface area (Å²) in [6, 6.07) is 1.64. The highest BCUT2D eigenvalue weighted by Gasteiger charge is 2.33. The zero-order valence-corrected chi connectivity index (χ0v) is 10.9. The van der Waals surface area contributed by atoms with E-state index in [9.17, 15) is 0 Å². The summed E-state index contributed by atoms with van der Waals surface area (Å²) < 4.78 is 0. The Morgan fingerprint density at radius 2 is 1.93 bits per heavy atom. The minimum absolute atomic E-state index is 0.733. The quantitative estimate of drug-likeness (QED) is 0.665. The molecule has 90 valence electrons. The Balaban J connectivity index is 2.35. The van der Waals surface area contributed by atoms with Gasteiger partial charge in [-0.15, -0.1) is 0 Å². The second kappa shape index (κ2) is 6.49. The van der Waals surface area contributed by atoms with E-state index >= 15 is 0 Å². The fourth-order valence-corrected chi connectivity index (χ4v) is 2.25. The van der Waals surface area contributed by atoms with Crippen LogP contribution in [0.4, 0.5) is 0 Å². The summed E-state index contributed by atoms with van der Waals surface area (Å²) in [7, 11) is 0. The summed E-state index contributed by atoms with van der Waals surface area (Å²) in [4.78, 5) is 2.72.